The average Bonchev–Trinajstić information content (AvgIpc) is 2.45. The van der Waals surface area contributed by atoms with Crippen LogP contribution in [0.5, 0.6) is 0 Å². The van der Waals surface area contributed by atoms with Gasteiger partial charge in [0.15, 0.2) is 11.6 Å². The van der Waals surface area contributed by atoms with Gasteiger partial charge >= 0.3 is 0 Å². The Morgan fingerprint density at radius 2 is 1.71 bits per heavy atom. The van der Waals surface area contributed by atoms with Crippen molar-refractivity contribution < 1.29 is 13.2 Å². The molecule has 2 nitrogen and oxygen atoms in total. The smallest absolute Gasteiger partial charge is 0.161 e. The highest BCUT2D eigenvalue weighted by Gasteiger charge is 2.17. The molecule has 0 radical (unpaired) electrons. The zero-order valence-electron chi connectivity index (χ0n) is 12.0. The van der Waals surface area contributed by atoms with Crippen LogP contribution in [-0.2, 0) is 6.42 Å². The molecule has 1 heterocycles. The molecule has 0 aliphatic carbocycles. The van der Waals surface area contributed by atoms with Gasteiger partial charge in [0.05, 0.1) is 0 Å². The van der Waals surface area contributed by atoms with E-state index in [0.717, 1.165) is 37.7 Å². The maximum Gasteiger partial charge on any atom is 0.161 e. The third-order valence-corrected chi connectivity index (χ3v) is 3.87. The lowest BCUT2D eigenvalue weighted by molar-refractivity contribution is 0.273. The molecular weight excluding hydrogens is 277 g/mol. The Labute approximate surface area is 123 Å². The summed E-state index contributed by atoms with van der Waals surface area (Å²) in [6, 6.07) is 1.09. The first kappa shape index (κ1) is 15.9. The molecule has 1 aliphatic rings. The Hall–Kier alpha value is -1.49. The first-order valence-corrected chi connectivity index (χ1v) is 7.29. The minimum absolute atomic E-state index is 0.104. The summed E-state index contributed by atoms with van der Waals surface area (Å²) < 4.78 is 39.6. The van der Waals surface area contributed by atoms with Crippen molar-refractivity contribution in [3.63, 3.8) is 0 Å². The van der Waals surface area contributed by atoms with Crippen LogP contribution in [0, 0.1) is 17.5 Å². The van der Waals surface area contributed by atoms with Crippen LogP contribution in [-0.4, -0.2) is 24.0 Å². The maximum absolute atomic E-state index is 13.6. The maximum atomic E-state index is 13.6. The van der Waals surface area contributed by atoms with E-state index in [4.69, 9.17) is 5.73 Å². The largest absolute Gasteiger partial charge is 0.375 e. The molecule has 0 bridgehead atoms. The Kier molecular flexibility index (Phi) is 5.28. The van der Waals surface area contributed by atoms with Gasteiger partial charge < -0.3 is 10.6 Å². The van der Waals surface area contributed by atoms with Gasteiger partial charge in [-0.25, -0.2) is 13.2 Å². The molecular formula is C16H21F3N2. The topological polar surface area (TPSA) is 29.3 Å². The quantitative estimate of drug-likeness (QED) is 0.845. The fourth-order valence-electron chi connectivity index (χ4n) is 2.72. The molecule has 0 aromatic heterocycles. The van der Waals surface area contributed by atoms with E-state index in [2.05, 4.69) is 11.5 Å². The molecule has 1 unspecified atom stereocenters. The van der Waals surface area contributed by atoms with E-state index in [9.17, 15) is 13.2 Å². The summed E-state index contributed by atoms with van der Waals surface area (Å²) in [5.41, 5.74) is 7.04. The highest BCUT2D eigenvalue weighted by atomic mass is 19.2. The minimum Gasteiger partial charge on any atom is -0.375 e. The van der Waals surface area contributed by atoms with Crippen molar-refractivity contribution in [3.8, 4) is 0 Å². The van der Waals surface area contributed by atoms with Gasteiger partial charge in [0.25, 0.3) is 0 Å². The third-order valence-electron chi connectivity index (χ3n) is 3.87. The van der Waals surface area contributed by atoms with E-state index in [1.165, 1.54) is 6.42 Å². The van der Waals surface area contributed by atoms with Gasteiger partial charge in [-0.05, 0) is 37.3 Å². The molecule has 2 N–H and O–H groups in total. The SMILES string of the molecule is C=C(CC(N)Cc1cc(F)c(F)cc1F)N1CCCCC1. The van der Waals surface area contributed by atoms with Crippen LogP contribution in [0.3, 0.4) is 0 Å². The van der Waals surface area contributed by atoms with Crippen LogP contribution in [0.4, 0.5) is 13.2 Å². The molecule has 21 heavy (non-hydrogen) atoms. The van der Waals surface area contributed by atoms with Crippen molar-refractivity contribution in [3.05, 3.63) is 47.4 Å². The molecule has 1 aromatic carbocycles. The second-order valence-corrected chi connectivity index (χ2v) is 5.64. The summed E-state index contributed by atoms with van der Waals surface area (Å²) in [5.74, 6) is -2.98. The van der Waals surface area contributed by atoms with Crippen molar-refractivity contribution in [1.29, 1.82) is 0 Å². The van der Waals surface area contributed by atoms with Gasteiger partial charge in [0.1, 0.15) is 5.82 Å². The Morgan fingerprint density at radius 1 is 1.10 bits per heavy atom. The number of hydrogen-bond acceptors (Lipinski definition) is 2. The summed E-state index contributed by atoms with van der Waals surface area (Å²) in [7, 11) is 0. The molecule has 1 atom stereocenters. The van der Waals surface area contributed by atoms with Gasteiger partial charge in [0, 0.05) is 37.3 Å². The molecule has 116 valence electrons. The molecule has 2 rings (SSSR count). The normalized spacial score (nSPS) is 16.9. The number of hydrogen-bond donors (Lipinski definition) is 1. The zero-order valence-corrected chi connectivity index (χ0v) is 12.0. The van der Waals surface area contributed by atoms with Crippen molar-refractivity contribution in [1.82, 2.24) is 4.90 Å². The molecule has 1 fully saturated rings. The van der Waals surface area contributed by atoms with Gasteiger partial charge in [-0.2, -0.15) is 0 Å². The predicted octanol–water partition coefficient (Wildman–Crippen LogP) is 3.36. The Bertz CT molecular complexity index is 510. The fourth-order valence-corrected chi connectivity index (χ4v) is 2.72. The number of likely N-dealkylation sites (tertiary alicyclic amines) is 1. The van der Waals surface area contributed by atoms with Crippen molar-refractivity contribution in [2.75, 3.05) is 13.1 Å². The van der Waals surface area contributed by atoms with Gasteiger partial charge in [-0.15, -0.1) is 0 Å². The molecule has 0 amide bonds. The van der Waals surface area contributed by atoms with Crippen molar-refractivity contribution >= 4 is 0 Å². The first-order chi connectivity index (χ1) is 9.97. The lowest BCUT2D eigenvalue weighted by Gasteiger charge is -2.31. The fraction of sp³-hybridized carbons (Fsp3) is 0.500. The van der Waals surface area contributed by atoms with Crippen LogP contribution < -0.4 is 5.73 Å². The second-order valence-electron chi connectivity index (χ2n) is 5.64. The van der Waals surface area contributed by atoms with Gasteiger partial charge in [-0.3, -0.25) is 0 Å². The number of halogens is 3. The number of nitrogens with two attached hydrogens (primary N) is 1. The van der Waals surface area contributed by atoms with Crippen LogP contribution in [0.15, 0.2) is 24.4 Å². The summed E-state index contributed by atoms with van der Waals surface area (Å²) in [5, 5.41) is 0. The molecule has 0 saturated carbocycles. The average molecular weight is 298 g/mol. The predicted molar refractivity (Wildman–Crippen MR) is 77.2 cm³/mol. The zero-order chi connectivity index (χ0) is 15.4. The molecule has 1 saturated heterocycles. The van der Waals surface area contributed by atoms with Crippen LogP contribution in [0.2, 0.25) is 0 Å². The number of rotatable bonds is 5. The highest BCUT2D eigenvalue weighted by Crippen LogP contribution is 2.20. The minimum atomic E-state index is -1.18. The van der Waals surface area contributed by atoms with Gasteiger partial charge in [-0.1, -0.05) is 6.58 Å². The Morgan fingerprint density at radius 3 is 2.38 bits per heavy atom. The summed E-state index contributed by atoms with van der Waals surface area (Å²) >= 11 is 0. The van der Waals surface area contributed by atoms with E-state index >= 15 is 0 Å². The van der Waals surface area contributed by atoms with Crippen molar-refractivity contribution in [2.24, 2.45) is 5.73 Å². The summed E-state index contributed by atoms with van der Waals surface area (Å²) in [6.45, 7) is 5.99. The van der Waals surface area contributed by atoms with Crippen LogP contribution in [0.25, 0.3) is 0 Å². The molecule has 0 spiro atoms. The third kappa shape index (κ3) is 4.24. The summed E-state index contributed by atoms with van der Waals surface area (Å²) in [4.78, 5) is 2.20. The first-order valence-electron chi connectivity index (χ1n) is 7.29. The van der Waals surface area contributed by atoms with E-state index < -0.39 is 17.5 Å². The standard InChI is InChI=1S/C16H21F3N2/c1-11(21-5-3-2-4-6-21)7-13(20)8-12-9-15(18)16(19)10-14(12)17/h9-10,13H,1-8,20H2. The molecule has 5 heteroatoms. The van der Waals surface area contributed by atoms with E-state index in [-0.39, 0.29) is 18.0 Å². The molecule has 1 aromatic rings. The highest BCUT2D eigenvalue weighted by molar-refractivity contribution is 5.21. The van der Waals surface area contributed by atoms with E-state index in [1.54, 1.807) is 0 Å². The molecule has 1 aliphatic heterocycles. The van der Waals surface area contributed by atoms with E-state index in [1.807, 2.05) is 0 Å². The van der Waals surface area contributed by atoms with Gasteiger partial charge in [0.2, 0.25) is 0 Å². The lowest BCUT2D eigenvalue weighted by Crippen LogP contribution is -2.33. The Balaban J connectivity index is 1.93. The van der Waals surface area contributed by atoms with Crippen molar-refractivity contribution in [2.45, 2.75) is 38.1 Å². The summed E-state index contributed by atoms with van der Waals surface area (Å²) in [6.07, 6.45) is 4.21. The second kappa shape index (κ2) is 6.98. The van der Waals surface area contributed by atoms with Crippen LogP contribution >= 0.6 is 0 Å². The number of benzene rings is 1. The van der Waals surface area contributed by atoms with E-state index in [0.29, 0.717) is 12.5 Å². The lowest BCUT2D eigenvalue weighted by atomic mass is 10.0. The monoisotopic (exact) mass is 298 g/mol. The number of piperidine rings is 1. The van der Waals surface area contributed by atoms with Crippen LogP contribution in [0.1, 0.15) is 31.2 Å². The number of nitrogens with zero attached hydrogens (tertiary/aromatic N) is 1.